The molecule has 10 heteroatoms. The summed E-state index contributed by atoms with van der Waals surface area (Å²) in [6.45, 7) is 1.94. The lowest BCUT2D eigenvalue weighted by atomic mass is 10.00. The third-order valence-corrected chi connectivity index (χ3v) is 8.81. The number of hydrogen-bond acceptors (Lipinski definition) is 7. The van der Waals surface area contributed by atoms with Crippen LogP contribution in [0.15, 0.2) is 34.1 Å². The smallest absolute Gasteiger partial charge is 0.300 e. The number of furan rings is 1. The van der Waals surface area contributed by atoms with Gasteiger partial charge in [-0.1, -0.05) is 6.07 Å². The molecule has 0 unspecified atom stereocenters. The number of carboxylic acid groups (broad SMARTS) is 1. The molecule has 2 fully saturated rings. The highest BCUT2D eigenvalue weighted by atomic mass is 32.2. The fourth-order valence-electron chi connectivity index (χ4n) is 4.22. The van der Waals surface area contributed by atoms with Crippen LogP contribution in [0.3, 0.4) is 0 Å². The average Bonchev–Trinajstić information content (AvgIpc) is 3.45. The highest BCUT2D eigenvalue weighted by Crippen LogP contribution is 2.36. The third-order valence-electron chi connectivity index (χ3n) is 5.69. The molecule has 4 rings (SSSR count). The molecule has 2 aliphatic heterocycles. The Morgan fingerprint density at radius 2 is 1.97 bits per heavy atom. The van der Waals surface area contributed by atoms with E-state index in [1.807, 2.05) is 48.6 Å². The van der Waals surface area contributed by atoms with Crippen molar-refractivity contribution in [2.75, 3.05) is 32.9 Å². The molecule has 2 aromatic rings. The molecule has 0 aliphatic carbocycles. The Morgan fingerprint density at radius 1 is 1.26 bits per heavy atom. The Labute approximate surface area is 186 Å². The molecule has 1 N–H and O–H groups in total. The van der Waals surface area contributed by atoms with Crippen LogP contribution < -0.4 is 0 Å². The van der Waals surface area contributed by atoms with E-state index >= 15 is 0 Å². The summed E-state index contributed by atoms with van der Waals surface area (Å²) in [5.41, 5.74) is 0. The highest BCUT2D eigenvalue weighted by Gasteiger charge is 2.53. The van der Waals surface area contributed by atoms with Gasteiger partial charge in [0.25, 0.3) is 5.97 Å². The maximum atomic E-state index is 12.7. The number of carboxylic acids is 1. The van der Waals surface area contributed by atoms with E-state index in [9.17, 15) is 13.2 Å². The quantitative estimate of drug-likeness (QED) is 0.717. The van der Waals surface area contributed by atoms with E-state index in [4.69, 9.17) is 14.3 Å². The van der Waals surface area contributed by atoms with E-state index in [1.54, 1.807) is 16.2 Å². The van der Waals surface area contributed by atoms with E-state index in [-0.39, 0.29) is 23.6 Å². The molecule has 0 radical (unpaired) electrons. The molecule has 2 saturated heterocycles. The number of sulfone groups is 1. The summed E-state index contributed by atoms with van der Waals surface area (Å²) in [5, 5.41) is 9.00. The number of hydrogen-bond donors (Lipinski definition) is 1. The summed E-state index contributed by atoms with van der Waals surface area (Å²) < 4.78 is 30.7. The van der Waals surface area contributed by atoms with E-state index in [0.717, 1.165) is 23.3 Å². The molecule has 2 aromatic heterocycles. The average molecular weight is 469 g/mol. The zero-order chi connectivity index (χ0) is 22.8. The van der Waals surface area contributed by atoms with E-state index in [1.165, 1.54) is 0 Å². The predicted octanol–water partition coefficient (Wildman–Crippen LogP) is 2.22. The maximum Gasteiger partial charge on any atom is 0.300 e. The molecule has 0 saturated carbocycles. The number of fused-ring (bicyclic) bond motifs is 1. The molecule has 3 atom stereocenters. The predicted molar refractivity (Wildman–Crippen MR) is 119 cm³/mol. The second-order valence-corrected chi connectivity index (χ2v) is 11.3. The van der Waals surface area contributed by atoms with Gasteiger partial charge in [0.15, 0.2) is 9.84 Å². The van der Waals surface area contributed by atoms with Crippen LogP contribution in [-0.4, -0.2) is 79.4 Å². The van der Waals surface area contributed by atoms with Crippen molar-refractivity contribution in [2.45, 2.75) is 31.1 Å². The van der Waals surface area contributed by atoms with Crippen LogP contribution in [0.4, 0.5) is 0 Å². The Balaban J connectivity index is 0.000000628. The summed E-state index contributed by atoms with van der Waals surface area (Å²) in [6, 6.07) is 7.82. The molecule has 8 nitrogen and oxygen atoms in total. The van der Waals surface area contributed by atoms with Gasteiger partial charge in [-0.2, -0.15) is 0 Å². The van der Waals surface area contributed by atoms with Gasteiger partial charge in [-0.25, -0.2) is 8.42 Å². The number of rotatable bonds is 5. The molecule has 4 heterocycles. The van der Waals surface area contributed by atoms with Crippen molar-refractivity contribution in [3.8, 4) is 10.6 Å². The van der Waals surface area contributed by atoms with E-state index in [0.29, 0.717) is 25.9 Å². The van der Waals surface area contributed by atoms with Gasteiger partial charge in [-0.3, -0.25) is 9.59 Å². The molecular weight excluding hydrogens is 440 g/mol. The normalized spacial score (nSPS) is 24.0. The first-order chi connectivity index (χ1) is 14.6. The summed E-state index contributed by atoms with van der Waals surface area (Å²) in [6.07, 6.45) is 0.864. The van der Waals surface area contributed by atoms with Crippen molar-refractivity contribution in [2.24, 2.45) is 5.92 Å². The van der Waals surface area contributed by atoms with Crippen LogP contribution in [-0.2, 0) is 25.8 Å². The molecule has 31 heavy (non-hydrogen) atoms. The van der Waals surface area contributed by atoms with Crippen LogP contribution in [0.25, 0.3) is 10.6 Å². The summed E-state index contributed by atoms with van der Waals surface area (Å²) in [4.78, 5) is 26.4. The molecule has 1 amide bonds. The first-order valence-electron chi connectivity index (χ1n) is 10.1. The molecule has 2 aliphatic rings. The molecule has 0 bridgehead atoms. The molecular formula is C21H28N2O6S2. The van der Waals surface area contributed by atoms with Crippen molar-refractivity contribution in [1.29, 1.82) is 0 Å². The molecule has 0 aromatic carbocycles. The number of carbonyl (C=O) groups excluding carboxylic acids is 1. The van der Waals surface area contributed by atoms with Crippen LogP contribution in [0, 0.1) is 5.92 Å². The van der Waals surface area contributed by atoms with Crippen LogP contribution in [0.1, 0.15) is 19.1 Å². The second-order valence-electron chi connectivity index (χ2n) is 8.12. The molecule has 170 valence electrons. The second kappa shape index (κ2) is 9.54. The summed E-state index contributed by atoms with van der Waals surface area (Å²) in [7, 11) is 0.697. The lowest BCUT2D eigenvalue weighted by Crippen LogP contribution is -2.38. The number of nitrogens with zero attached hydrogens (tertiary/aromatic N) is 2. The number of aryl methyl sites for hydroxylation is 1. The minimum atomic E-state index is -3.13. The minimum Gasteiger partial charge on any atom is -0.481 e. The zero-order valence-electron chi connectivity index (χ0n) is 17.9. The largest absolute Gasteiger partial charge is 0.481 e. The SMILES string of the molecule is CC(=O)O.CN(C)[C@@H]1CS(=O)(=O)[C@H]2CN(C(=O)CCc3ccc(-c4cccs4)o3)C[C@@H]12. The number of carbonyl (C=O) groups is 2. The van der Waals surface area contributed by atoms with Gasteiger partial charge in [0, 0.05) is 44.8 Å². The van der Waals surface area contributed by atoms with Gasteiger partial charge in [0.2, 0.25) is 5.91 Å². The van der Waals surface area contributed by atoms with Crippen molar-refractivity contribution in [3.63, 3.8) is 0 Å². The Hall–Kier alpha value is -2.17. The van der Waals surface area contributed by atoms with Gasteiger partial charge in [0.05, 0.1) is 15.9 Å². The number of likely N-dealkylation sites (tertiary alicyclic amines) is 1. The first-order valence-corrected chi connectivity index (χ1v) is 12.7. The minimum absolute atomic E-state index is 0.00349. The Bertz CT molecular complexity index is 1010. The lowest BCUT2D eigenvalue weighted by molar-refractivity contribution is -0.134. The number of amides is 1. The third kappa shape index (κ3) is 5.55. The summed E-state index contributed by atoms with van der Waals surface area (Å²) >= 11 is 1.62. The van der Waals surface area contributed by atoms with Gasteiger partial charge < -0.3 is 19.3 Å². The Kier molecular flexibility index (Phi) is 7.23. The Morgan fingerprint density at radius 3 is 2.58 bits per heavy atom. The standard InChI is InChI=1S/C19H24N2O4S2.C2H4O2/c1-20(2)15-12-27(23,24)18-11-21(10-14(15)18)19(22)8-6-13-5-7-16(25-13)17-4-3-9-26-17;1-2(3)4/h3-5,7,9,14-15,18H,6,8,10-12H2,1-2H3;1H3,(H,3,4)/t14-,15+,18-;/m0./s1. The van der Waals surface area contributed by atoms with Crippen molar-refractivity contribution < 1.29 is 27.5 Å². The zero-order valence-corrected chi connectivity index (χ0v) is 19.5. The van der Waals surface area contributed by atoms with Gasteiger partial charge in [-0.05, 0) is 37.7 Å². The lowest BCUT2D eigenvalue weighted by Gasteiger charge is -2.25. The van der Waals surface area contributed by atoms with Gasteiger partial charge >= 0.3 is 0 Å². The fourth-order valence-corrected chi connectivity index (χ4v) is 7.38. The number of thiophene rings is 1. The van der Waals surface area contributed by atoms with Crippen molar-refractivity contribution in [1.82, 2.24) is 9.80 Å². The topological polar surface area (TPSA) is 108 Å². The van der Waals surface area contributed by atoms with Crippen LogP contribution >= 0.6 is 11.3 Å². The monoisotopic (exact) mass is 468 g/mol. The highest BCUT2D eigenvalue weighted by molar-refractivity contribution is 7.92. The van der Waals surface area contributed by atoms with Gasteiger partial charge in [0.1, 0.15) is 11.5 Å². The summed E-state index contributed by atoms with van der Waals surface area (Å²) in [5.74, 6) is 0.997. The maximum absolute atomic E-state index is 12.7. The van der Waals surface area contributed by atoms with Crippen LogP contribution in [0.5, 0.6) is 0 Å². The van der Waals surface area contributed by atoms with Gasteiger partial charge in [-0.15, -0.1) is 11.3 Å². The van der Waals surface area contributed by atoms with E-state index in [2.05, 4.69) is 0 Å². The van der Waals surface area contributed by atoms with Crippen molar-refractivity contribution in [3.05, 3.63) is 35.4 Å². The molecule has 0 spiro atoms. The van der Waals surface area contributed by atoms with E-state index < -0.39 is 21.1 Å². The fraction of sp³-hybridized carbons (Fsp3) is 0.524. The van der Waals surface area contributed by atoms with Crippen molar-refractivity contribution >= 4 is 33.1 Å². The first kappa shape index (κ1) is 23.5. The van der Waals surface area contributed by atoms with Crippen LogP contribution in [0.2, 0.25) is 0 Å². The number of aliphatic carboxylic acids is 1.